The van der Waals surface area contributed by atoms with Gasteiger partial charge in [0.15, 0.2) is 0 Å². The van der Waals surface area contributed by atoms with E-state index < -0.39 is 12.9 Å². The first-order valence-electron chi connectivity index (χ1n) is 5.45. The van der Waals surface area contributed by atoms with E-state index in [1.165, 1.54) is 6.07 Å². The number of hydrogen-bond acceptors (Lipinski definition) is 2. The number of rotatable bonds is 3. The van der Waals surface area contributed by atoms with E-state index >= 15 is 0 Å². The van der Waals surface area contributed by atoms with Gasteiger partial charge in [-0.15, -0.1) is 0 Å². The summed E-state index contributed by atoms with van der Waals surface area (Å²) in [5.74, 6) is -0.498. The van der Waals surface area contributed by atoms with Gasteiger partial charge in [-0.2, -0.15) is 0 Å². The van der Waals surface area contributed by atoms with Crippen molar-refractivity contribution in [3.63, 3.8) is 0 Å². The Balaban J connectivity index is 2.85. The van der Waals surface area contributed by atoms with Crippen LogP contribution in [-0.2, 0) is 6.42 Å². The summed E-state index contributed by atoms with van der Waals surface area (Å²) >= 11 is 0. The minimum absolute atomic E-state index is 0.0496. The molecular weight excluding hydrogens is 206 g/mol. The Hall–Kier alpha value is -0.865. The first kappa shape index (κ1) is 13.2. The van der Waals surface area contributed by atoms with E-state index in [2.05, 4.69) is 20.8 Å². The maximum atomic E-state index is 13.8. The van der Waals surface area contributed by atoms with Crippen molar-refractivity contribution in [2.45, 2.75) is 33.6 Å². The molecule has 0 aliphatic rings. The highest BCUT2D eigenvalue weighted by atomic mass is 19.1. The second kappa shape index (κ2) is 4.98. The summed E-state index contributed by atoms with van der Waals surface area (Å²) in [5, 5.41) is 17.9. The highest BCUT2D eigenvalue weighted by Gasteiger charge is 2.19. The lowest BCUT2D eigenvalue weighted by atomic mass is 9.78. The summed E-state index contributed by atoms with van der Waals surface area (Å²) in [5.41, 5.74) is 0.632. The van der Waals surface area contributed by atoms with Crippen LogP contribution >= 0.6 is 0 Å². The molecule has 0 amide bonds. The molecule has 0 saturated carbocycles. The Bertz CT molecular complexity index is 359. The monoisotopic (exact) mass is 224 g/mol. The van der Waals surface area contributed by atoms with Crippen LogP contribution in [-0.4, -0.2) is 17.2 Å². The molecule has 1 aromatic rings. The van der Waals surface area contributed by atoms with Crippen molar-refractivity contribution in [2.75, 3.05) is 0 Å². The Morgan fingerprint density at radius 1 is 1.25 bits per heavy atom. The van der Waals surface area contributed by atoms with Crippen molar-refractivity contribution in [3.05, 3.63) is 29.6 Å². The number of aryl methyl sites for hydroxylation is 1. The summed E-state index contributed by atoms with van der Waals surface area (Å²) in [6.07, 6.45) is 1.46. The Kier molecular flexibility index (Phi) is 4.11. The highest BCUT2D eigenvalue weighted by Crippen LogP contribution is 2.22. The zero-order valence-electron chi connectivity index (χ0n) is 10.00. The average molecular weight is 224 g/mol. The highest BCUT2D eigenvalue weighted by molar-refractivity contribution is 6.58. The summed E-state index contributed by atoms with van der Waals surface area (Å²) in [7, 11) is -1.74. The molecule has 0 atom stereocenters. The fourth-order valence-corrected chi connectivity index (χ4v) is 1.50. The largest absolute Gasteiger partial charge is 0.491 e. The first-order valence-corrected chi connectivity index (χ1v) is 5.45. The Labute approximate surface area is 96.3 Å². The predicted octanol–water partition coefficient (Wildman–Crippen LogP) is 1.48. The molecule has 88 valence electrons. The van der Waals surface area contributed by atoms with Crippen LogP contribution in [0.4, 0.5) is 4.39 Å². The van der Waals surface area contributed by atoms with Crippen molar-refractivity contribution in [1.82, 2.24) is 0 Å². The molecule has 0 bridgehead atoms. The molecule has 0 radical (unpaired) electrons. The van der Waals surface area contributed by atoms with Crippen LogP contribution in [0.5, 0.6) is 0 Å². The van der Waals surface area contributed by atoms with Crippen LogP contribution in [0, 0.1) is 11.2 Å². The van der Waals surface area contributed by atoms with Gasteiger partial charge in [-0.1, -0.05) is 39.0 Å². The van der Waals surface area contributed by atoms with Gasteiger partial charge >= 0.3 is 7.12 Å². The molecule has 4 heteroatoms. The van der Waals surface area contributed by atoms with Crippen LogP contribution in [0.1, 0.15) is 32.8 Å². The number of halogens is 1. The van der Waals surface area contributed by atoms with E-state index in [-0.39, 0.29) is 10.9 Å². The first-order chi connectivity index (χ1) is 7.31. The van der Waals surface area contributed by atoms with Crippen molar-refractivity contribution in [3.8, 4) is 0 Å². The van der Waals surface area contributed by atoms with Gasteiger partial charge < -0.3 is 10.0 Å². The van der Waals surface area contributed by atoms with E-state index in [9.17, 15) is 4.39 Å². The van der Waals surface area contributed by atoms with Crippen molar-refractivity contribution in [1.29, 1.82) is 0 Å². The van der Waals surface area contributed by atoms with Gasteiger partial charge in [0.1, 0.15) is 5.82 Å². The van der Waals surface area contributed by atoms with E-state index in [1.807, 2.05) is 0 Å². The minimum Gasteiger partial charge on any atom is -0.423 e. The smallest absolute Gasteiger partial charge is 0.423 e. The molecule has 0 fully saturated rings. The summed E-state index contributed by atoms with van der Waals surface area (Å²) in [6, 6.07) is 4.73. The summed E-state index contributed by atoms with van der Waals surface area (Å²) < 4.78 is 13.8. The van der Waals surface area contributed by atoms with Gasteiger partial charge in [-0.05, 0) is 23.8 Å². The summed E-state index contributed by atoms with van der Waals surface area (Å²) in [4.78, 5) is 0. The average Bonchev–Trinajstić information content (AvgIpc) is 2.14. The third kappa shape index (κ3) is 3.61. The SMILES string of the molecule is CC(C)(C)CCc1cccc(B(O)O)c1F. The number of hydrogen-bond donors (Lipinski definition) is 2. The van der Waals surface area contributed by atoms with E-state index in [0.29, 0.717) is 12.0 Å². The second-order valence-corrected chi connectivity index (χ2v) is 5.25. The maximum absolute atomic E-state index is 13.8. The molecule has 16 heavy (non-hydrogen) atoms. The van der Waals surface area contributed by atoms with Crippen molar-refractivity contribution < 1.29 is 14.4 Å². The fourth-order valence-electron chi connectivity index (χ4n) is 1.50. The maximum Gasteiger partial charge on any atom is 0.491 e. The number of benzene rings is 1. The molecule has 0 heterocycles. The van der Waals surface area contributed by atoms with Gasteiger partial charge in [0, 0.05) is 5.46 Å². The van der Waals surface area contributed by atoms with Gasteiger partial charge in [-0.25, -0.2) is 4.39 Å². The summed E-state index contributed by atoms with van der Waals surface area (Å²) in [6.45, 7) is 6.28. The minimum atomic E-state index is -1.74. The third-order valence-corrected chi connectivity index (χ3v) is 2.53. The molecule has 0 aliphatic heterocycles. The normalized spacial score (nSPS) is 11.6. The molecule has 2 N–H and O–H groups in total. The van der Waals surface area contributed by atoms with Crippen molar-refractivity contribution >= 4 is 12.6 Å². The second-order valence-electron chi connectivity index (χ2n) is 5.25. The van der Waals surface area contributed by atoms with Gasteiger partial charge in [0.2, 0.25) is 0 Å². The lowest BCUT2D eigenvalue weighted by Crippen LogP contribution is -2.33. The predicted molar refractivity (Wildman–Crippen MR) is 64.0 cm³/mol. The van der Waals surface area contributed by atoms with E-state index in [0.717, 1.165) is 6.42 Å². The molecule has 0 spiro atoms. The zero-order valence-corrected chi connectivity index (χ0v) is 10.00. The van der Waals surface area contributed by atoms with Crippen LogP contribution in [0.15, 0.2) is 18.2 Å². The van der Waals surface area contributed by atoms with Gasteiger partial charge in [-0.3, -0.25) is 0 Å². The van der Waals surface area contributed by atoms with Crippen LogP contribution in [0.25, 0.3) is 0 Å². The molecular formula is C12H18BFO2. The Morgan fingerprint density at radius 2 is 1.88 bits per heavy atom. The van der Waals surface area contributed by atoms with E-state index in [4.69, 9.17) is 10.0 Å². The van der Waals surface area contributed by atoms with Gasteiger partial charge in [0.25, 0.3) is 0 Å². The molecule has 1 rings (SSSR count). The lowest BCUT2D eigenvalue weighted by Gasteiger charge is -2.18. The topological polar surface area (TPSA) is 40.5 Å². The van der Waals surface area contributed by atoms with Crippen LogP contribution < -0.4 is 5.46 Å². The third-order valence-electron chi connectivity index (χ3n) is 2.53. The standard InChI is InChI=1S/C12H18BFO2/c1-12(2,3)8-7-9-5-4-6-10(11(9)14)13(15)16/h4-6,15-16H,7-8H2,1-3H3. The van der Waals surface area contributed by atoms with Crippen molar-refractivity contribution in [2.24, 2.45) is 5.41 Å². The zero-order chi connectivity index (χ0) is 12.3. The quantitative estimate of drug-likeness (QED) is 0.763. The molecule has 1 aromatic carbocycles. The van der Waals surface area contributed by atoms with Gasteiger partial charge in [0.05, 0.1) is 0 Å². The van der Waals surface area contributed by atoms with E-state index in [1.54, 1.807) is 12.1 Å². The fraction of sp³-hybridized carbons (Fsp3) is 0.500. The van der Waals surface area contributed by atoms with Crippen LogP contribution in [0.3, 0.4) is 0 Å². The molecule has 2 nitrogen and oxygen atoms in total. The molecule has 0 saturated heterocycles. The molecule has 0 unspecified atom stereocenters. The van der Waals surface area contributed by atoms with Crippen LogP contribution in [0.2, 0.25) is 0 Å². The lowest BCUT2D eigenvalue weighted by molar-refractivity contribution is 0.375. The molecule has 0 aliphatic carbocycles. The molecule has 0 aromatic heterocycles. The Morgan fingerprint density at radius 3 is 2.38 bits per heavy atom.